The summed E-state index contributed by atoms with van der Waals surface area (Å²) in [5.41, 5.74) is 2.16. The smallest absolute Gasteiger partial charge is 0.266 e. The highest BCUT2D eigenvalue weighted by molar-refractivity contribution is 6.23. The average Bonchev–Trinajstić information content (AvgIpc) is 3.35. The fourth-order valence-electron chi connectivity index (χ4n) is 4.28. The first-order valence-corrected chi connectivity index (χ1v) is 10.7. The van der Waals surface area contributed by atoms with Crippen LogP contribution in [0.3, 0.4) is 0 Å². The number of para-hydroxylation sites is 1. The summed E-state index contributed by atoms with van der Waals surface area (Å²) >= 11 is 0. The van der Waals surface area contributed by atoms with Crippen LogP contribution in [0.4, 0.5) is 11.4 Å². The molecule has 7 heteroatoms. The fourth-order valence-corrected chi connectivity index (χ4v) is 4.28. The van der Waals surface area contributed by atoms with Crippen LogP contribution >= 0.6 is 0 Å². The van der Waals surface area contributed by atoms with Gasteiger partial charge in [0.2, 0.25) is 5.91 Å². The minimum Gasteiger partial charge on any atom is -0.494 e. The molecule has 0 N–H and O–H groups in total. The number of amides is 2. The van der Waals surface area contributed by atoms with Gasteiger partial charge in [0.1, 0.15) is 11.7 Å². The zero-order chi connectivity index (χ0) is 22.1. The van der Waals surface area contributed by atoms with Gasteiger partial charge in [0.15, 0.2) is 6.10 Å². The van der Waals surface area contributed by atoms with E-state index in [9.17, 15) is 9.59 Å². The van der Waals surface area contributed by atoms with Gasteiger partial charge in [0.25, 0.3) is 5.91 Å². The first kappa shape index (κ1) is 20.2. The summed E-state index contributed by atoms with van der Waals surface area (Å²) in [5.74, 6) is -0.598. The van der Waals surface area contributed by atoms with Crippen LogP contribution in [0.15, 0.2) is 79.1 Å². The maximum atomic E-state index is 13.6. The van der Waals surface area contributed by atoms with E-state index in [2.05, 4.69) is 4.98 Å². The number of carbonyl (C=O) groups is 2. The molecule has 0 aliphatic carbocycles. The molecular formula is C25H23N3O4. The number of nitrogens with zero attached hydrogens (tertiary/aromatic N) is 3. The maximum Gasteiger partial charge on any atom is 0.266 e. The second-order valence-electron chi connectivity index (χ2n) is 7.79. The number of hydrogen-bond donors (Lipinski definition) is 0. The number of hydroxylamine groups is 1. The Hall–Kier alpha value is -3.71. The summed E-state index contributed by atoms with van der Waals surface area (Å²) in [6.45, 7) is 2.65. The van der Waals surface area contributed by atoms with Crippen molar-refractivity contribution in [2.45, 2.75) is 25.5 Å². The predicted octanol–water partition coefficient (Wildman–Crippen LogP) is 3.92. The minimum absolute atomic E-state index is 0.275. The van der Waals surface area contributed by atoms with Crippen LogP contribution in [0, 0.1) is 5.92 Å². The summed E-state index contributed by atoms with van der Waals surface area (Å²) in [6.07, 6.45) is 3.37. The standard InChI is InChI=1S/C25H23N3O4/c1-2-16-31-20-10-8-18(9-11-20)27-24(29)21-22(17-12-14-26-15-13-17)28(32-23(21)25(27)30)19-6-4-3-5-7-19/h3-15,21-23H,2,16H2,1H3/t21-,22-,23-/m1/s1. The van der Waals surface area contributed by atoms with E-state index in [1.807, 2.05) is 49.4 Å². The number of aromatic nitrogens is 1. The zero-order valence-electron chi connectivity index (χ0n) is 17.6. The van der Waals surface area contributed by atoms with Gasteiger partial charge in [-0.15, -0.1) is 0 Å². The summed E-state index contributed by atoms with van der Waals surface area (Å²) < 4.78 is 5.61. The minimum atomic E-state index is -0.892. The monoisotopic (exact) mass is 429 g/mol. The molecule has 3 heterocycles. The van der Waals surface area contributed by atoms with Gasteiger partial charge < -0.3 is 4.74 Å². The van der Waals surface area contributed by atoms with E-state index >= 15 is 0 Å². The van der Waals surface area contributed by atoms with Crippen molar-refractivity contribution in [2.75, 3.05) is 16.6 Å². The number of rotatable bonds is 6. The van der Waals surface area contributed by atoms with Gasteiger partial charge in [-0.3, -0.25) is 19.4 Å². The van der Waals surface area contributed by atoms with E-state index in [1.165, 1.54) is 4.90 Å². The van der Waals surface area contributed by atoms with Crippen molar-refractivity contribution in [1.29, 1.82) is 0 Å². The second kappa shape index (κ2) is 8.43. The molecule has 0 unspecified atom stereocenters. The summed E-state index contributed by atoms with van der Waals surface area (Å²) in [5, 5.41) is 1.68. The zero-order valence-corrected chi connectivity index (χ0v) is 17.6. The first-order chi connectivity index (χ1) is 15.7. The lowest BCUT2D eigenvalue weighted by molar-refractivity contribution is -0.126. The van der Waals surface area contributed by atoms with Crippen molar-refractivity contribution in [3.05, 3.63) is 84.7 Å². The Bertz CT molecular complexity index is 1110. The van der Waals surface area contributed by atoms with E-state index in [0.717, 1.165) is 17.7 Å². The molecule has 7 nitrogen and oxygen atoms in total. The van der Waals surface area contributed by atoms with Crippen molar-refractivity contribution in [3.8, 4) is 5.75 Å². The van der Waals surface area contributed by atoms with Crippen molar-refractivity contribution in [3.63, 3.8) is 0 Å². The Labute approximate surface area is 186 Å². The maximum absolute atomic E-state index is 13.6. The lowest BCUT2D eigenvalue weighted by atomic mass is 9.91. The van der Waals surface area contributed by atoms with E-state index < -0.39 is 18.1 Å². The molecule has 2 aliphatic rings. The van der Waals surface area contributed by atoms with E-state index in [-0.39, 0.29) is 11.8 Å². The molecule has 3 atom stereocenters. The highest BCUT2D eigenvalue weighted by atomic mass is 16.7. The molecule has 32 heavy (non-hydrogen) atoms. The largest absolute Gasteiger partial charge is 0.494 e. The van der Waals surface area contributed by atoms with E-state index in [1.54, 1.807) is 41.7 Å². The number of ether oxygens (including phenoxy) is 1. The van der Waals surface area contributed by atoms with Gasteiger partial charge in [-0.1, -0.05) is 25.1 Å². The Kier molecular flexibility index (Phi) is 5.33. The number of anilines is 2. The third kappa shape index (κ3) is 3.40. The van der Waals surface area contributed by atoms with Gasteiger partial charge in [-0.25, -0.2) is 9.96 Å². The molecule has 5 rings (SSSR count). The van der Waals surface area contributed by atoms with Crippen molar-refractivity contribution in [1.82, 2.24) is 4.98 Å². The van der Waals surface area contributed by atoms with Crippen LogP contribution in [0.1, 0.15) is 24.9 Å². The van der Waals surface area contributed by atoms with Gasteiger partial charge in [-0.2, -0.15) is 0 Å². The molecule has 0 bridgehead atoms. The quantitative estimate of drug-likeness (QED) is 0.553. The summed E-state index contributed by atoms with van der Waals surface area (Å²) in [6, 6.07) is 19.8. The average molecular weight is 429 g/mol. The summed E-state index contributed by atoms with van der Waals surface area (Å²) in [4.78, 5) is 38.3. The SMILES string of the molecule is CCCOc1ccc(N2C(=O)[C@@H]3[C@@H](c4ccncc4)N(c4ccccc4)O[C@H]3C2=O)cc1. The topological polar surface area (TPSA) is 72.0 Å². The molecule has 0 saturated carbocycles. The van der Waals surface area contributed by atoms with E-state index in [0.29, 0.717) is 18.0 Å². The lowest BCUT2D eigenvalue weighted by Crippen LogP contribution is -2.37. The van der Waals surface area contributed by atoms with Crippen LogP contribution in [0.2, 0.25) is 0 Å². The number of benzene rings is 2. The molecule has 2 aromatic carbocycles. The van der Waals surface area contributed by atoms with Crippen LogP contribution in [0.25, 0.3) is 0 Å². The molecular weight excluding hydrogens is 406 g/mol. The van der Waals surface area contributed by atoms with Crippen LogP contribution < -0.4 is 14.7 Å². The molecule has 0 radical (unpaired) electrons. The van der Waals surface area contributed by atoms with Gasteiger partial charge >= 0.3 is 0 Å². The Balaban J connectivity index is 1.49. The lowest BCUT2D eigenvalue weighted by Gasteiger charge is -2.28. The molecule has 2 aliphatic heterocycles. The van der Waals surface area contributed by atoms with Gasteiger partial charge in [0.05, 0.1) is 24.0 Å². The number of fused-ring (bicyclic) bond motifs is 1. The first-order valence-electron chi connectivity index (χ1n) is 10.7. The highest BCUT2D eigenvalue weighted by Crippen LogP contribution is 2.47. The molecule has 162 valence electrons. The highest BCUT2D eigenvalue weighted by Gasteiger charge is 2.60. The molecule has 2 amide bonds. The van der Waals surface area contributed by atoms with Gasteiger partial charge in [0, 0.05) is 12.4 Å². The Morgan fingerprint density at radius 1 is 0.906 bits per heavy atom. The Morgan fingerprint density at radius 3 is 2.31 bits per heavy atom. The predicted molar refractivity (Wildman–Crippen MR) is 119 cm³/mol. The third-order valence-corrected chi connectivity index (χ3v) is 5.74. The second-order valence-corrected chi connectivity index (χ2v) is 7.79. The van der Waals surface area contributed by atoms with E-state index in [4.69, 9.17) is 9.57 Å². The number of hydrogen-bond acceptors (Lipinski definition) is 6. The number of pyridine rings is 1. The Morgan fingerprint density at radius 2 is 1.62 bits per heavy atom. The van der Waals surface area contributed by atoms with Crippen molar-refractivity contribution >= 4 is 23.2 Å². The molecule has 3 aromatic rings. The van der Waals surface area contributed by atoms with Gasteiger partial charge in [-0.05, 0) is 60.5 Å². The van der Waals surface area contributed by atoms with Crippen LogP contribution in [-0.4, -0.2) is 29.5 Å². The molecule has 2 saturated heterocycles. The third-order valence-electron chi connectivity index (χ3n) is 5.74. The number of carbonyl (C=O) groups excluding carboxylic acids is 2. The van der Waals surface area contributed by atoms with Crippen LogP contribution in [0.5, 0.6) is 5.75 Å². The fraction of sp³-hybridized carbons (Fsp3) is 0.240. The normalized spacial score (nSPS) is 22.3. The summed E-state index contributed by atoms with van der Waals surface area (Å²) in [7, 11) is 0. The molecule has 0 spiro atoms. The molecule has 2 fully saturated rings. The molecule has 1 aromatic heterocycles. The number of imide groups is 1. The van der Waals surface area contributed by atoms with Crippen molar-refractivity contribution < 1.29 is 19.2 Å². The van der Waals surface area contributed by atoms with Crippen LogP contribution in [-0.2, 0) is 14.4 Å². The van der Waals surface area contributed by atoms with Crippen molar-refractivity contribution in [2.24, 2.45) is 5.92 Å².